The summed E-state index contributed by atoms with van der Waals surface area (Å²) < 4.78 is 1.70. The molecule has 1 amide bonds. The van der Waals surface area contributed by atoms with E-state index in [0.717, 1.165) is 19.5 Å². The Balaban J connectivity index is 1.83. The van der Waals surface area contributed by atoms with Crippen LogP contribution in [0.1, 0.15) is 47.0 Å². The Morgan fingerprint density at radius 1 is 1.50 bits per heavy atom. The summed E-state index contributed by atoms with van der Waals surface area (Å²) in [5, 5.41) is 6.32. The van der Waals surface area contributed by atoms with Gasteiger partial charge in [0.15, 0.2) is 5.78 Å². The lowest BCUT2D eigenvalue weighted by atomic mass is 9.96. The van der Waals surface area contributed by atoms with Gasteiger partial charge in [-0.1, -0.05) is 0 Å². The van der Waals surface area contributed by atoms with Crippen LogP contribution in [0.2, 0.25) is 0 Å². The van der Waals surface area contributed by atoms with Crippen molar-refractivity contribution in [2.24, 2.45) is 13.0 Å². The van der Waals surface area contributed by atoms with Gasteiger partial charge in [0.25, 0.3) is 5.91 Å². The van der Waals surface area contributed by atoms with Gasteiger partial charge >= 0.3 is 0 Å². The predicted octanol–water partition coefficient (Wildman–Crippen LogP) is 1.35. The van der Waals surface area contributed by atoms with Crippen LogP contribution in [0.3, 0.4) is 0 Å². The van der Waals surface area contributed by atoms with Crippen molar-refractivity contribution in [3.8, 4) is 0 Å². The fourth-order valence-electron chi connectivity index (χ4n) is 2.63. The molecule has 0 saturated carbocycles. The van der Waals surface area contributed by atoms with Crippen LogP contribution in [0.15, 0.2) is 12.3 Å². The molecule has 1 unspecified atom stereocenters. The minimum absolute atomic E-state index is 0.0204. The van der Waals surface area contributed by atoms with Gasteiger partial charge in [-0.05, 0) is 51.3 Å². The van der Waals surface area contributed by atoms with Crippen LogP contribution in [0.25, 0.3) is 0 Å². The molecule has 110 valence electrons. The molecule has 0 aromatic carbocycles. The number of amides is 1. The second-order valence-electron chi connectivity index (χ2n) is 5.54. The summed E-state index contributed by atoms with van der Waals surface area (Å²) in [6, 6.07) is 1.65. The van der Waals surface area contributed by atoms with E-state index in [1.54, 1.807) is 23.9 Å². The molecular weight excluding hydrogens is 254 g/mol. The van der Waals surface area contributed by atoms with E-state index in [1.165, 1.54) is 19.8 Å². The molecule has 1 aliphatic heterocycles. The highest BCUT2D eigenvalue weighted by molar-refractivity contribution is 5.99. The highest BCUT2D eigenvalue weighted by Crippen LogP contribution is 2.13. The smallest absolute Gasteiger partial charge is 0.267 e. The molecule has 1 aliphatic rings. The zero-order valence-electron chi connectivity index (χ0n) is 12.2. The Kier molecular flexibility index (Phi) is 4.95. The molecule has 5 nitrogen and oxygen atoms in total. The van der Waals surface area contributed by atoms with Crippen molar-refractivity contribution in [3.63, 3.8) is 0 Å². The molecular formula is C15H23N3O2. The lowest BCUT2D eigenvalue weighted by Gasteiger charge is -2.22. The largest absolute Gasteiger partial charge is 0.351 e. The van der Waals surface area contributed by atoms with Crippen LogP contribution in [-0.2, 0) is 7.05 Å². The molecule has 1 fully saturated rings. The summed E-state index contributed by atoms with van der Waals surface area (Å²) >= 11 is 0. The zero-order valence-corrected chi connectivity index (χ0v) is 12.2. The van der Waals surface area contributed by atoms with Crippen molar-refractivity contribution < 1.29 is 9.59 Å². The molecule has 1 atom stereocenters. The number of carbonyl (C=O) groups is 2. The lowest BCUT2D eigenvalue weighted by molar-refractivity contribution is 0.0942. The molecule has 2 rings (SSSR count). The number of aryl methyl sites for hydroxylation is 1. The monoisotopic (exact) mass is 277 g/mol. The second-order valence-corrected chi connectivity index (χ2v) is 5.54. The molecule has 1 saturated heterocycles. The quantitative estimate of drug-likeness (QED) is 0.799. The van der Waals surface area contributed by atoms with Crippen LogP contribution in [-0.4, -0.2) is 35.9 Å². The molecule has 1 aromatic heterocycles. The second kappa shape index (κ2) is 6.70. The molecule has 5 heteroatoms. The molecule has 2 N–H and O–H groups in total. The maximum atomic E-state index is 12.1. The summed E-state index contributed by atoms with van der Waals surface area (Å²) in [4.78, 5) is 23.4. The Labute approximate surface area is 119 Å². The third-order valence-electron chi connectivity index (χ3n) is 3.88. The number of nitrogens with zero attached hydrogens (tertiary/aromatic N) is 1. The van der Waals surface area contributed by atoms with Crippen LogP contribution in [0, 0.1) is 5.92 Å². The summed E-state index contributed by atoms with van der Waals surface area (Å²) in [5.74, 6) is 0.530. The van der Waals surface area contributed by atoms with Crippen molar-refractivity contribution in [1.29, 1.82) is 0 Å². The van der Waals surface area contributed by atoms with Gasteiger partial charge in [-0.25, -0.2) is 0 Å². The Morgan fingerprint density at radius 2 is 2.30 bits per heavy atom. The normalized spacial score (nSPS) is 18.8. The third kappa shape index (κ3) is 3.70. The number of Topliss-reactive ketones (excluding diaryl/α,β-unsaturated/α-hetero) is 1. The Morgan fingerprint density at radius 3 is 2.90 bits per heavy atom. The van der Waals surface area contributed by atoms with Crippen LogP contribution >= 0.6 is 0 Å². The van der Waals surface area contributed by atoms with E-state index >= 15 is 0 Å². The van der Waals surface area contributed by atoms with E-state index < -0.39 is 0 Å². The van der Waals surface area contributed by atoms with Gasteiger partial charge in [0.2, 0.25) is 0 Å². The van der Waals surface area contributed by atoms with Gasteiger partial charge in [-0.2, -0.15) is 0 Å². The summed E-state index contributed by atoms with van der Waals surface area (Å²) in [6.07, 6.45) is 5.16. The first kappa shape index (κ1) is 14.8. The molecule has 0 aliphatic carbocycles. The number of nitrogens with one attached hydrogen (secondary N) is 2. The number of ketones is 1. The zero-order chi connectivity index (χ0) is 14.5. The van der Waals surface area contributed by atoms with Gasteiger partial charge in [-0.3, -0.25) is 9.59 Å². The van der Waals surface area contributed by atoms with E-state index in [9.17, 15) is 9.59 Å². The average molecular weight is 277 g/mol. The molecule has 20 heavy (non-hydrogen) atoms. The van der Waals surface area contributed by atoms with E-state index in [4.69, 9.17) is 0 Å². The number of hydrogen-bond acceptors (Lipinski definition) is 3. The Bertz CT molecular complexity index is 487. The van der Waals surface area contributed by atoms with Crippen LogP contribution < -0.4 is 10.6 Å². The maximum absolute atomic E-state index is 12.1. The predicted molar refractivity (Wildman–Crippen MR) is 78.0 cm³/mol. The van der Waals surface area contributed by atoms with Gasteiger partial charge in [0.05, 0.1) is 0 Å². The summed E-state index contributed by atoms with van der Waals surface area (Å²) in [5.41, 5.74) is 1.12. The topological polar surface area (TPSA) is 63.1 Å². The average Bonchev–Trinajstić information content (AvgIpc) is 2.82. The first-order valence-electron chi connectivity index (χ1n) is 7.24. The SMILES string of the molecule is CC(=O)c1cc(C(=O)NCCC2CCCNC2)n(C)c1. The van der Waals surface area contributed by atoms with E-state index in [0.29, 0.717) is 23.7 Å². The standard InChI is InChI=1S/C15H23N3O2/c1-11(19)13-8-14(18(2)10-13)15(20)17-7-5-12-4-3-6-16-9-12/h8,10,12,16H,3-7,9H2,1-2H3,(H,17,20). The highest BCUT2D eigenvalue weighted by atomic mass is 16.2. The third-order valence-corrected chi connectivity index (χ3v) is 3.88. The lowest BCUT2D eigenvalue weighted by Crippen LogP contribution is -2.33. The number of aromatic nitrogens is 1. The summed E-state index contributed by atoms with van der Waals surface area (Å²) in [7, 11) is 1.78. The molecule has 2 heterocycles. The van der Waals surface area contributed by atoms with Crippen LogP contribution in [0.4, 0.5) is 0 Å². The fourth-order valence-corrected chi connectivity index (χ4v) is 2.63. The number of piperidine rings is 1. The number of carbonyl (C=O) groups excluding carboxylic acids is 2. The van der Waals surface area contributed by atoms with E-state index in [1.807, 2.05) is 0 Å². The van der Waals surface area contributed by atoms with Crippen molar-refractivity contribution in [2.75, 3.05) is 19.6 Å². The van der Waals surface area contributed by atoms with Gasteiger partial charge < -0.3 is 15.2 Å². The van der Waals surface area contributed by atoms with Crippen molar-refractivity contribution in [3.05, 3.63) is 23.5 Å². The van der Waals surface area contributed by atoms with Crippen molar-refractivity contribution >= 4 is 11.7 Å². The molecule has 0 bridgehead atoms. The molecule has 0 radical (unpaired) electrons. The van der Waals surface area contributed by atoms with E-state index in [2.05, 4.69) is 10.6 Å². The highest BCUT2D eigenvalue weighted by Gasteiger charge is 2.15. The minimum Gasteiger partial charge on any atom is -0.351 e. The number of rotatable bonds is 5. The van der Waals surface area contributed by atoms with Crippen LogP contribution in [0.5, 0.6) is 0 Å². The minimum atomic E-state index is -0.108. The first-order chi connectivity index (χ1) is 9.58. The number of hydrogen-bond donors (Lipinski definition) is 2. The summed E-state index contributed by atoms with van der Waals surface area (Å²) in [6.45, 7) is 4.35. The molecule has 1 aromatic rings. The van der Waals surface area contributed by atoms with E-state index in [-0.39, 0.29) is 11.7 Å². The van der Waals surface area contributed by atoms with Gasteiger partial charge in [0, 0.05) is 25.4 Å². The molecule has 0 spiro atoms. The van der Waals surface area contributed by atoms with Gasteiger partial charge in [0.1, 0.15) is 5.69 Å². The van der Waals surface area contributed by atoms with Crippen molar-refractivity contribution in [1.82, 2.24) is 15.2 Å². The fraction of sp³-hybridized carbons (Fsp3) is 0.600. The van der Waals surface area contributed by atoms with Crippen molar-refractivity contribution in [2.45, 2.75) is 26.2 Å². The van der Waals surface area contributed by atoms with Gasteiger partial charge in [-0.15, -0.1) is 0 Å². The maximum Gasteiger partial charge on any atom is 0.267 e. The Hall–Kier alpha value is -1.62. The first-order valence-corrected chi connectivity index (χ1v) is 7.24.